The second-order valence-electron chi connectivity index (χ2n) is 6.95. The van der Waals surface area contributed by atoms with Crippen molar-refractivity contribution >= 4 is 10.9 Å². The molecule has 0 spiro atoms. The fourth-order valence-electron chi connectivity index (χ4n) is 3.72. The van der Waals surface area contributed by atoms with Gasteiger partial charge in [0, 0.05) is 18.2 Å². The van der Waals surface area contributed by atoms with Crippen molar-refractivity contribution < 1.29 is 0 Å². The summed E-state index contributed by atoms with van der Waals surface area (Å²) in [7, 11) is 0. The van der Waals surface area contributed by atoms with Crippen molar-refractivity contribution in [1.82, 2.24) is 25.1 Å². The zero-order valence-electron chi connectivity index (χ0n) is 14.6. The number of aromatic nitrogens is 4. The lowest BCUT2D eigenvalue weighted by Crippen LogP contribution is -2.37. The van der Waals surface area contributed by atoms with Crippen LogP contribution < -0.4 is 5.56 Å². The minimum atomic E-state index is -0.0658. The summed E-state index contributed by atoms with van der Waals surface area (Å²) in [5.74, 6) is 1.16. The highest BCUT2D eigenvalue weighted by Crippen LogP contribution is 2.30. The topological polar surface area (TPSA) is 77.7 Å². The number of H-pyrrole nitrogens is 2. The molecular weight excluding hydrogens is 314 g/mol. The molecule has 2 atom stereocenters. The third-order valence-corrected chi connectivity index (χ3v) is 5.17. The van der Waals surface area contributed by atoms with E-state index in [4.69, 9.17) is 4.98 Å². The number of benzene rings is 1. The lowest BCUT2D eigenvalue weighted by atomic mass is 9.93. The number of para-hydroxylation sites is 1. The molecular formula is C19H23N5O. The van der Waals surface area contributed by atoms with Crippen LogP contribution in [0.3, 0.4) is 0 Å². The molecule has 0 saturated carbocycles. The van der Waals surface area contributed by atoms with Crippen molar-refractivity contribution in [2.75, 3.05) is 13.1 Å². The SMILES string of the molecule is Cc1cc([C@H]2CCCN([C@H](C)c3nc4ccccc4c(=O)[nH]3)C2)n[nH]1. The maximum absolute atomic E-state index is 12.3. The van der Waals surface area contributed by atoms with Gasteiger partial charge in [-0.25, -0.2) is 4.98 Å². The van der Waals surface area contributed by atoms with Crippen molar-refractivity contribution in [2.24, 2.45) is 0 Å². The largest absolute Gasteiger partial charge is 0.309 e. The summed E-state index contributed by atoms with van der Waals surface area (Å²) in [5, 5.41) is 8.12. The summed E-state index contributed by atoms with van der Waals surface area (Å²) in [6.07, 6.45) is 2.27. The molecule has 6 nitrogen and oxygen atoms in total. The Labute approximate surface area is 146 Å². The van der Waals surface area contributed by atoms with Gasteiger partial charge >= 0.3 is 0 Å². The van der Waals surface area contributed by atoms with Gasteiger partial charge < -0.3 is 4.98 Å². The molecule has 3 aromatic rings. The van der Waals surface area contributed by atoms with Crippen LogP contribution in [0.15, 0.2) is 35.1 Å². The van der Waals surface area contributed by atoms with Crippen LogP contribution >= 0.6 is 0 Å². The van der Waals surface area contributed by atoms with Crippen LogP contribution in [-0.2, 0) is 0 Å². The number of fused-ring (bicyclic) bond motifs is 1. The van der Waals surface area contributed by atoms with Gasteiger partial charge in [0.15, 0.2) is 0 Å². The highest BCUT2D eigenvalue weighted by Gasteiger charge is 2.27. The molecule has 0 amide bonds. The predicted molar refractivity (Wildman–Crippen MR) is 97.7 cm³/mol. The molecule has 130 valence electrons. The number of rotatable bonds is 3. The third kappa shape index (κ3) is 3.09. The Morgan fingerprint density at radius 3 is 2.96 bits per heavy atom. The molecule has 2 aromatic heterocycles. The number of aryl methyl sites for hydroxylation is 1. The molecule has 2 N–H and O–H groups in total. The zero-order valence-corrected chi connectivity index (χ0v) is 14.6. The van der Waals surface area contributed by atoms with Crippen molar-refractivity contribution in [2.45, 2.75) is 38.6 Å². The Balaban J connectivity index is 1.60. The summed E-state index contributed by atoms with van der Waals surface area (Å²) >= 11 is 0. The summed E-state index contributed by atoms with van der Waals surface area (Å²) < 4.78 is 0. The number of aromatic amines is 2. The maximum atomic E-state index is 12.3. The Hall–Kier alpha value is -2.47. The Bertz CT molecular complexity index is 944. The van der Waals surface area contributed by atoms with Crippen LogP contribution in [0.2, 0.25) is 0 Å². The number of likely N-dealkylation sites (tertiary alicyclic amines) is 1. The molecule has 1 fully saturated rings. The predicted octanol–water partition coefficient (Wildman–Crippen LogP) is 2.90. The monoisotopic (exact) mass is 337 g/mol. The van der Waals surface area contributed by atoms with Crippen molar-refractivity contribution in [1.29, 1.82) is 0 Å². The Morgan fingerprint density at radius 2 is 2.16 bits per heavy atom. The molecule has 1 aromatic carbocycles. The van der Waals surface area contributed by atoms with Crippen LogP contribution in [0.5, 0.6) is 0 Å². The average Bonchev–Trinajstić information content (AvgIpc) is 3.08. The van der Waals surface area contributed by atoms with Crippen LogP contribution in [-0.4, -0.2) is 38.2 Å². The van der Waals surface area contributed by atoms with E-state index in [1.54, 1.807) is 0 Å². The summed E-state index contributed by atoms with van der Waals surface area (Å²) in [5.41, 5.74) is 2.92. The minimum Gasteiger partial charge on any atom is -0.309 e. The Morgan fingerprint density at radius 1 is 1.32 bits per heavy atom. The quantitative estimate of drug-likeness (QED) is 0.770. The molecule has 0 aliphatic carbocycles. The van der Waals surface area contributed by atoms with Gasteiger partial charge in [-0.2, -0.15) is 5.10 Å². The van der Waals surface area contributed by atoms with Gasteiger partial charge in [0.05, 0.1) is 22.6 Å². The van der Waals surface area contributed by atoms with Crippen molar-refractivity contribution in [3.63, 3.8) is 0 Å². The van der Waals surface area contributed by atoms with Gasteiger partial charge in [0.1, 0.15) is 5.82 Å². The number of hydrogen-bond donors (Lipinski definition) is 2. The second-order valence-corrected chi connectivity index (χ2v) is 6.95. The maximum Gasteiger partial charge on any atom is 0.258 e. The molecule has 25 heavy (non-hydrogen) atoms. The molecule has 4 rings (SSSR count). The highest BCUT2D eigenvalue weighted by atomic mass is 16.1. The molecule has 0 radical (unpaired) electrons. The van der Waals surface area contributed by atoms with Gasteiger partial charge in [-0.15, -0.1) is 0 Å². The third-order valence-electron chi connectivity index (χ3n) is 5.17. The van der Waals surface area contributed by atoms with E-state index in [9.17, 15) is 4.79 Å². The van der Waals surface area contributed by atoms with Gasteiger partial charge in [0.2, 0.25) is 0 Å². The van der Waals surface area contributed by atoms with E-state index in [0.29, 0.717) is 11.3 Å². The molecule has 3 heterocycles. The van der Waals surface area contributed by atoms with Gasteiger partial charge in [-0.05, 0) is 51.4 Å². The molecule has 0 bridgehead atoms. The van der Waals surface area contributed by atoms with E-state index < -0.39 is 0 Å². The van der Waals surface area contributed by atoms with Crippen LogP contribution in [0, 0.1) is 6.92 Å². The minimum absolute atomic E-state index is 0.0658. The number of nitrogens with one attached hydrogen (secondary N) is 2. The van der Waals surface area contributed by atoms with E-state index >= 15 is 0 Å². The number of piperidine rings is 1. The van der Waals surface area contributed by atoms with E-state index in [-0.39, 0.29) is 11.6 Å². The van der Waals surface area contributed by atoms with Crippen molar-refractivity contribution in [3.05, 3.63) is 57.9 Å². The number of hydrogen-bond acceptors (Lipinski definition) is 4. The van der Waals surface area contributed by atoms with Crippen LogP contribution in [0.25, 0.3) is 10.9 Å². The second kappa shape index (κ2) is 6.44. The molecule has 1 aliphatic rings. The van der Waals surface area contributed by atoms with E-state index in [1.807, 2.05) is 31.2 Å². The summed E-state index contributed by atoms with van der Waals surface area (Å²) in [6, 6.07) is 9.69. The van der Waals surface area contributed by atoms with Gasteiger partial charge in [0.25, 0.3) is 5.56 Å². The summed E-state index contributed by atoms with van der Waals surface area (Å²) in [6.45, 7) is 6.09. The van der Waals surface area contributed by atoms with Gasteiger partial charge in [-0.3, -0.25) is 14.8 Å². The van der Waals surface area contributed by atoms with E-state index in [0.717, 1.165) is 48.7 Å². The fourth-order valence-corrected chi connectivity index (χ4v) is 3.72. The Kier molecular flexibility index (Phi) is 4.13. The lowest BCUT2D eigenvalue weighted by Gasteiger charge is -2.35. The van der Waals surface area contributed by atoms with E-state index in [2.05, 4.69) is 33.1 Å². The lowest BCUT2D eigenvalue weighted by molar-refractivity contribution is 0.151. The normalized spacial score (nSPS) is 20.0. The first-order valence-corrected chi connectivity index (χ1v) is 8.87. The van der Waals surface area contributed by atoms with E-state index in [1.165, 1.54) is 0 Å². The van der Waals surface area contributed by atoms with Crippen molar-refractivity contribution in [3.8, 4) is 0 Å². The van der Waals surface area contributed by atoms with Crippen LogP contribution in [0.1, 0.15) is 48.9 Å². The smallest absolute Gasteiger partial charge is 0.258 e. The number of nitrogens with zero attached hydrogens (tertiary/aromatic N) is 3. The first-order valence-electron chi connectivity index (χ1n) is 8.87. The highest BCUT2D eigenvalue weighted by molar-refractivity contribution is 5.77. The summed E-state index contributed by atoms with van der Waals surface area (Å²) in [4.78, 5) is 22.4. The standard InChI is InChI=1S/C19H23N5O/c1-12-10-17(23-22-12)14-6-5-9-24(11-14)13(2)18-20-16-8-4-3-7-15(16)19(25)21-18/h3-4,7-8,10,13-14H,5-6,9,11H2,1-2H3,(H,22,23)(H,20,21,25)/t13-,14+/m1/s1. The van der Waals surface area contributed by atoms with Crippen LogP contribution in [0.4, 0.5) is 0 Å². The average molecular weight is 337 g/mol. The molecule has 0 unspecified atom stereocenters. The molecule has 6 heteroatoms. The zero-order chi connectivity index (χ0) is 17.4. The first kappa shape index (κ1) is 16.0. The fraction of sp³-hybridized carbons (Fsp3) is 0.421. The first-order chi connectivity index (χ1) is 12.1. The molecule has 1 saturated heterocycles. The molecule has 1 aliphatic heterocycles. The van der Waals surface area contributed by atoms with Gasteiger partial charge in [-0.1, -0.05) is 12.1 Å².